The van der Waals surface area contributed by atoms with Crippen LogP contribution in [0.3, 0.4) is 0 Å². The summed E-state index contributed by atoms with van der Waals surface area (Å²) < 4.78 is 0. The van der Waals surface area contributed by atoms with Crippen LogP contribution in [-0.4, -0.2) is 38.0 Å². The van der Waals surface area contributed by atoms with E-state index in [1.807, 2.05) is 19.0 Å². The van der Waals surface area contributed by atoms with Crippen molar-refractivity contribution in [2.75, 3.05) is 27.2 Å². The Labute approximate surface area is 99.6 Å². The summed E-state index contributed by atoms with van der Waals surface area (Å²) in [4.78, 5) is 14.0. The highest BCUT2D eigenvalue weighted by atomic mass is 16.2. The average molecular weight is 226 g/mol. The van der Waals surface area contributed by atoms with Crippen molar-refractivity contribution in [3.63, 3.8) is 0 Å². The highest BCUT2D eigenvalue weighted by Gasteiger charge is 2.27. The molecule has 1 aliphatic carbocycles. The van der Waals surface area contributed by atoms with Crippen LogP contribution in [0, 0.1) is 11.8 Å². The van der Waals surface area contributed by atoms with Gasteiger partial charge < -0.3 is 10.2 Å². The first-order chi connectivity index (χ1) is 7.69. The topological polar surface area (TPSA) is 32.3 Å². The zero-order valence-corrected chi connectivity index (χ0v) is 11.0. The molecule has 16 heavy (non-hydrogen) atoms. The zero-order valence-electron chi connectivity index (χ0n) is 11.0. The van der Waals surface area contributed by atoms with E-state index in [1.165, 1.54) is 19.3 Å². The van der Waals surface area contributed by atoms with E-state index >= 15 is 0 Å². The molecule has 0 saturated heterocycles. The van der Waals surface area contributed by atoms with Gasteiger partial charge in [0, 0.05) is 26.1 Å². The minimum atomic E-state index is 0.296. The summed E-state index contributed by atoms with van der Waals surface area (Å²) in [6.07, 6.45) is 5.96. The van der Waals surface area contributed by atoms with E-state index < -0.39 is 0 Å². The Morgan fingerprint density at radius 1 is 1.31 bits per heavy atom. The minimum Gasteiger partial charge on any atom is -0.344 e. The third kappa shape index (κ3) is 3.78. The first kappa shape index (κ1) is 13.5. The predicted octanol–water partition coefficient (Wildman–Crippen LogP) is 1.88. The summed E-state index contributed by atoms with van der Waals surface area (Å²) in [6, 6.07) is 0. The summed E-state index contributed by atoms with van der Waals surface area (Å²) >= 11 is 0. The minimum absolute atomic E-state index is 0.296. The van der Waals surface area contributed by atoms with E-state index in [0.717, 1.165) is 31.8 Å². The number of nitrogens with zero attached hydrogens (tertiary/aromatic N) is 1. The van der Waals surface area contributed by atoms with Crippen LogP contribution in [0.15, 0.2) is 0 Å². The molecule has 0 atom stereocenters. The monoisotopic (exact) mass is 226 g/mol. The fraction of sp³-hybridized carbons (Fsp3) is 0.923. The van der Waals surface area contributed by atoms with E-state index in [9.17, 15) is 4.79 Å². The molecular formula is C13H26N2O. The van der Waals surface area contributed by atoms with E-state index in [1.54, 1.807) is 0 Å². The van der Waals surface area contributed by atoms with Gasteiger partial charge in [0.2, 0.25) is 5.91 Å². The van der Waals surface area contributed by atoms with Crippen LogP contribution in [-0.2, 0) is 4.79 Å². The maximum absolute atomic E-state index is 12.1. The van der Waals surface area contributed by atoms with Crippen LogP contribution in [0.4, 0.5) is 0 Å². The van der Waals surface area contributed by atoms with Crippen molar-refractivity contribution in [2.24, 2.45) is 11.8 Å². The van der Waals surface area contributed by atoms with Crippen molar-refractivity contribution in [3.8, 4) is 0 Å². The summed E-state index contributed by atoms with van der Waals surface area (Å²) in [5, 5.41) is 3.08. The average Bonchev–Trinajstić information content (AvgIpc) is 2.35. The fourth-order valence-corrected chi connectivity index (χ4v) is 2.52. The smallest absolute Gasteiger partial charge is 0.225 e. The predicted molar refractivity (Wildman–Crippen MR) is 67.3 cm³/mol. The van der Waals surface area contributed by atoms with Crippen LogP contribution in [0.1, 0.15) is 39.0 Å². The van der Waals surface area contributed by atoms with Crippen LogP contribution >= 0.6 is 0 Å². The second kappa shape index (κ2) is 6.89. The standard InChI is InChI=1S/C13H26N2O/c1-4-11-5-7-12(8-6-11)13(16)15(3)10-9-14-2/h11-12,14H,4-10H2,1-3H3. The molecule has 1 amide bonds. The molecule has 0 bridgehead atoms. The molecule has 0 radical (unpaired) electrons. The highest BCUT2D eigenvalue weighted by Crippen LogP contribution is 2.31. The van der Waals surface area contributed by atoms with E-state index in [-0.39, 0.29) is 0 Å². The normalized spacial score (nSPS) is 25.4. The molecule has 94 valence electrons. The van der Waals surface area contributed by atoms with Gasteiger partial charge in [-0.3, -0.25) is 4.79 Å². The van der Waals surface area contributed by atoms with E-state index in [4.69, 9.17) is 0 Å². The van der Waals surface area contributed by atoms with E-state index in [2.05, 4.69) is 12.2 Å². The Hall–Kier alpha value is -0.570. The van der Waals surface area contributed by atoms with Crippen LogP contribution < -0.4 is 5.32 Å². The molecule has 1 aliphatic rings. The number of carbonyl (C=O) groups excluding carboxylic acids is 1. The highest BCUT2D eigenvalue weighted by molar-refractivity contribution is 5.78. The first-order valence-corrected chi connectivity index (χ1v) is 6.58. The number of amides is 1. The summed E-state index contributed by atoms with van der Waals surface area (Å²) in [7, 11) is 3.84. The first-order valence-electron chi connectivity index (χ1n) is 6.58. The van der Waals surface area contributed by atoms with Crippen LogP contribution in [0.25, 0.3) is 0 Å². The third-order valence-electron chi connectivity index (χ3n) is 3.85. The number of rotatable bonds is 5. The van der Waals surface area contributed by atoms with Gasteiger partial charge in [-0.2, -0.15) is 0 Å². The van der Waals surface area contributed by atoms with Gasteiger partial charge in [0.05, 0.1) is 0 Å². The molecule has 0 spiro atoms. The number of hydrogen-bond donors (Lipinski definition) is 1. The Morgan fingerprint density at radius 2 is 1.94 bits per heavy atom. The van der Waals surface area contributed by atoms with Gasteiger partial charge in [0.25, 0.3) is 0 Å². The maximum atomic E-state index is 12.1. The summed E-state index contributed by atoms with van der Waals surface area (Å²) in [5.41, 5.74) is 0. The van der Waals surface area contributed by atoms with Crippen LogP contribution in [0.2, 0.25) is 0 Å². The Balaban J connectivity index is 2.32. The van der Waals surface area contributed by atoms with Crippen molar-refractivity contribution >= 4 is 5.91 Å². The molecule has 3 nitrogen and oxygen atoms in total. The molecule has 1 saturated carbocycles. The Bertz CT molecular complexity index is 210. The SMILES string of the molecule is CCC1CCC(C(=O)N(C)CCNC)CC1. The van der Waals surface area contributed by atoms with Gasteiger partial charge in [-0.15, -0.1) is 0 Å². The fourth-order valence-electron chi connectivity index (χ4n) is 2.52. The van der Waals surface area contributed by atoms with Gasteiger partial charge in [0.1, 0.15) is 0 Å². The second-order valence-corrected chi connectivity index (χ2v) is 4.99. The van der Waals surface area contributed by atoms with Gasteiger partial charge in [0.15, 0.2) is 0 Å². The van der Waals surface area contributed by atoms with Gasteiger partial charge in [-0.05, 0) is 38.6 Å². The number of carbonyl (C=O) groups is 1. The summed E-state index contributed by atoms with van der Waals surface area (Å²) in [5.74, 6) is 1.51. The molecule has 1 N–H and O–H groups in total. The molecule has 1 fully saturated rings. The molecule has 0 aromatic carbocycles. The summed E-state index contributed by atoms with van der Waals surface area (Å²) in [6.45, 7) is 3.96. The largest absolute Gasteiger partial charge is 0.344 e. The van der Waals surface area contributed by atoms with Gasteiger partial charge >= 0.3 is 0 Å². The molecule has 0 aliphatic heterocycles. The Morgan fingerprint density at radius 3 is 2.44 bits per heavy atom. The van der Waals surface area contributed by atoms with Gasteiger partial charge in [-0.25, -0.2) is 0 Å². The van der Waals surface area contributed by atoms with Gasteiger partial charge in [-0.1, -0.05) is 13.3 Å². The van der Waals surface area contributed by atoms with Crippen molar-refractivity contribution in [1.82, 2.24) is 10.2 Å². The number of hydrogen-bond acceptors (Lipinski definition) is 2. The second-order valence-electron chi connectivity index (χ2n) is 4.99. The molecule has 0 aromatic rings. The molecular weight excluding hydrogens is 200 g/mol. The quantitative estimate of drug-likeness (QED) is 0.776. The Kier molecular flexibility index (Phi) is 5.81. The van der Waals surface area contributed by atoms with Crippen molar-refractivity contribution in [2.45, 2.75) is 39.0 Å². The van der Waals surface area contributed by atoms with E-state index in [0.29, 0.717) is 11.8 Å². The number of likely N-dealkylation sites (N-methyl/N-ethyl adjacent to an activating group) is 2. The molecule has 3 heteroatoms. The lowest BCUT2D eigenvalue weighted by atomic mass is 9.80. The van der Waals surface area contributed by atoms with Crippen molar-refractivity contribution < 1.29 is 4.79 Å². The zero-order chi connectivity index (χ0) is 12.0. The molecule has 0 aromatic heterocycles. The van der Waals surface area contributed by atoms with Crippen LogP contribution in [0.5, 0.6) is 0 Å². The number of nitrogens with one attached hydrogen (secondary N) is 1. The van der Waals surface area contributed by atoms with Crippen molar-refractivity contribution in [3.05, 3.63) is 0 Å². The molecule has 0 heterocycles. The maximum Gasteiger partial charge on any atom is 0.225 e. The lowest BCUT2D eigenvalue weighted by Gasteiger charge is -2.30. The van der Waals surface area contributed by atoms with Crippen molar-refractivity contribution in [1.29, 1.82) is 0 Å². The third-order valence-corrected chi connectivity index (χ3v) is 3.85. The lowest BCUT2D eigenvalue weighted by molar-refractivity contribution is -0.135. The lowest BCUT2D eigenvalue weighted by Crippen LogP contribution is -2.38. The molecule has 1 rings (SSSR count). The molecule has 0 unspecified atom stereocenters.